The van der Waals surface area contributed by atoms with E-state index in [2.05, 4.69) is 6.92 Å². The maximum absolute atomic E-state index is 11.8. The van der Waals surface area contributed by atoms with Gasteiger partial charge in [0.25, 0.3) is 0 Å². The van der Waals surface area contributed by atoms with Crippen molar-refractivity contribution in [2.45, 2.75) is 52.6 Å². The van der Waals surface area contributed by atoms with Crippen LogP contribution in [0.5, 0.6) is 0 Å². The van der Waals surface area contributed by atoms with Crippen LogP contribution in [0.2, 0.25) is 0 Å². The van der Waals surface area contributed by atoms with E-state index in [0.717, 1.165) is 31.8 Å². The Morgan fingerprint density at radius 2 is 1.88 bits per heavy atom. The molecule has 0 radical (unpaired) electrons. The van der Waals surface area contributed by atoms with Crippen LogP contribution in [0.3, 0.4) is 0 Å². The van der Waals surface area contributed by atoms with Crippen LogP contribution < -0.4 is 0 Å². The number of carbonyl (C=O) groups is 1. The number of amides is 1. The van der Waals surface area contributed by atoms with Crippen molar-refractivity contribution in [1.82, 2.24) is 4.90 Å². The Bertz CT molecular complexity index is 225. The molecule has 0 N–H and O–H groups in total. The molecule has 1 aliphatic rings. The van der Waals surface area contributed by atoms with Gasteiger partial charge in [0.05, 0.1) is 5.60 Å². The lowest BCUT2D eigenvalue weighted by atomic mass is 9.94. The fourth-order valence-corrected chi connectivity index (χ4v) is 1.96. The van der Waals surface area contributed by atoms with E-state index in [1.165, 1.54) is 6.42 Å². The molecule has 1 fully saturated rings. The second-order valence-corrected chi connectivity index (χ2v) is 5.63. The highest BCUT2D eigenvalue weighted by atomic mass is 16.5. The van der Waals surface area contributed by atoms with Gasteiger partial charge in [0, 0.05) is 13.1 Å². The third-order valence-electron chi connectivity index (χ3n) is 3.17. The lowest BCUT2D eigenvalue weighted by Crippen LogP contribution is -2.41. The molecule has 0 aromatic carbocycles. The van der Waals surface area contributed by atoms with Crippen molar-refractivity contribution in [1.29, 1.82) is 0 Å². The minimum absolute atomic E-state index is 0.143. The first-order chi connectivity index (χ1) is 7.42. The van der Waals surface area contributed by atoms with Gasteiger partial charge in [-0.3, -0.25) is 4.79 Å². The smallest absolute Gasteiger partial charge is 0.248 e. The second-order valence-electron chi connectivity index (χ2n) is 5.63. The van der Waals surface area contributed by atoms with Crippen molar-refractivity contribution in [2.24, 2.45) is 5.92 Å². The molecule has 94 valence electrons. The van der Waals surface area contributed by atoms with E-state index in [1.54, 1.807) is 0 Å². The standard InChI is InChI=1S/C13H25NO2/c1-5-11-6-8-14(9-7-11)12(15)10-16-13(2,3)4/h11H,5-10H2,1-4H3. The summed E-state index contributed by atoms with van der Waals surface area (Å²) in [5, 5.41) is 0. The molecule has 1 heterocycles. The van der Waals surface area contributed by atoms with Crippen LogP contribution in [0, 0.1) is 5.92 Å². The Morgan fingerprint density at radius 1 is 1.31 bits per heavy atom. The summed E-state index contributed by atoms with van der Waals surface area (Å²) in [5.41, 5.74) is -0.225. The molecule has 1 aliphatic heterocycles. The van der Waals surface area contributed by atoms with Crippen LogP contribution in [0.4, 0.5) is 0 Å². The molecule has 0 saturated carbocycles. The molecule has 0 spiro atoms. The second kappa shape index (κ2) is 5.67. The van der Waals surface area contributed by atoms with Gasteiger partial charge >= 0.3 is 0 Å². The summed E-state index contributed by atoms with van der Waals surface area (Å²) < 4.78 is 5.51. The van der Waals surface area contributed by atoms with E-state index >= 15 is 0 Å². The summed E-state index contributed by atoms with van der Waals surface area (Å²) in [6.07, 6.45) is 3.54. The van der Waals surface area contributed by atoms with E-state index in [9.17, 15) is 4.79 Å². The Kier molecular flexibility index (Phi) is 4.78. The summed E-state index contributed by atoms with van der Waals surface area (Å²) in [6, 6.07) is 0. The van der Waals surface area contributed by atoms with E-state index in [0.29, 0.717) is 0 Å². The summed E-state index contributed by atoms with van der Waals surface area (Å²) in [6.45, 7) is 10.2. The van der Waals surface area contributed by atoms with Gasteiger partial charge in [-0.05, 0) is 39.5 Å². The first kappa shape index (κ1) is 13.5. The van der Waals surface area contributed by atoms with Gasteiger partial charge in [0.15, 0.2) is 0 Å². The minimum Gasteiger partial charge on any atom is -0.366 e. The number of carbonyl (C=O) groups excluding carboxylic acids is 1. The molecule has 16 heavy (non-hydrogen) atoms. The highest BCUT2D eigenvalue weighted by molar-refractivity contribution is 5.77. The average Bonchev–Trinajstić information content (AvgIpc) is 2.25. The molecule has 0 atom stereocenters. The van der Waals surface area contributed by atoms with E-state index in [1.807, 2.05) is 25.7 Å². The number of nitrogens with zero attached hydrogens (tertiary/aromatic N) is 1. The van der Waals surface area contributed by atoms with Gasteiger partial charge in [-0.15, -0.1) is 0 Å². The number of rotatable bonds is 3. The predicted molar refractivity (Wildman–Crippen MR) is 65.3 cm³/mol. The van der Waals surface area contributed by atoms with Crippen molar-refractivity contribution in [2.75, 3.05) is 19.7 Å². The average molecular weight is 227 g/mol. The van der Waals surface area contributed by atoms with Gasteiger partial charge in [-0.25, -0.2) is 0 Å². The lowest BCUT2D eigenvalue weighted by Gasteiger charge is -2.32. The first-order valence-electron chi connectivity index (χ1n) is 6.34. The van der Waals surface area contributed by atoms with Crippen molar-refractivity contribution >= 4 is 5.91 Å². The Morgan fingerprint density at radius 3 is 2.31 bits per heavy atom. The lowest BCUT2D eigenvalue weighted by molar-refractivity contribution is -0.142. The summed E-state index contributed by atoms with van der Waals surface area (Å²) >= 11 is 0. The Balaban J connectivity index is 2.28. The molecule has 0 unspecified atom stereocenters. The van der Waals surface area contributed by atoms with Gasteiger partial charge < -0.3 is 9.64 Å². The highest BCUT2D eigenvalue weighted by Crippen LogP contribution is 2.20. The van der Waals surface area contributed by atoms with Gasteiger partial charge in [-0.2, -0.15) is 0 Å². The third kappa shape index (κ3) is 4.52. The zero-order chi connectivity index (χ0) is 12.2. The summed E-state index contributed by atoms with van der Waals surface area (Å²) in [7, 11) is 0. The van der Waals surface area contributed by atoms with Crippen LogP contribution >= 0.6 is 0 Å². The monoisotopic (exact) mass is 227 g/mol. The number of piperidine rings is 1. The van der Waals surface area contributed by atoms with E-state index < -0.39 is 0 Å². The molecule has 3 nitrogen and oxygen atoms in total. The largest absolute Gasteiger partial charge is 0.366 e. The van der Waals surface area contributed by atoms with Crippen LogP contribution in [0.15, 0.2) is 0 Å². The molecule has 0 aromatic heterocycles. The molecule has 0 aliphatic carbocycles. The highest BCUT2D eigenvalue weighted by Gasteiger charge is 2.23. The van der Waals surface area contributed by atoms with E-state index in [4.69, 9.17) is 4.74 Å². The van der Waals surface area contributed by atoms with Gasteiger partial charge in [0.1, 0.15) is 6.61 Å². The molecular weight excluding hydrogens is 202 g/mol. The van der Waals surface area contributed by atoms with Gasteiger partial charge in [-0.1, -0.05) is 13.3 Å². The zero-order valence-electron chi connectivity index (χ0n) is 11.1. The normalized spacial score (nSPS) is 18.9. The predicted octanol–water partition coefficient (Wildman–Crippen LogP) is 2.45. The van der Waals surface area contributed by atoms with Crippen molar-refractivity contribution in [3.05, 3.63) is 0 Å². The van der Waals surface area contributed by atoms with Crippen LogP contribution in [-0.2, 0) is 9.53 Å². The van der Waals surface area contributed by atoms with Crippen LogP contribution in [0.25, 0.3) is 0 Å². The number of hydrogen-bond acceptors (Lipinski definition) is 2. The Labute approximate surface area is 99.1 Å². The topological polar surface area (TPSA) is 29.5 Å². The maximum atomic E-state index is 11.8. The summed E-state index contributed by atoms with van der Waals surface area (Å²) in [5.74, 6) is 0.956. The van der Waals surface area contributed by atoms with Crippen LogP contribution in [-0.4, -0.2) is 36.1 Å². The quantitative estimate of drug-likeness (QED) is 0.741. The minimum atomic E-state index is -0.225. The molecular formula is C13H25NO2. The third-order valence-corrected chi connectivity index (χ3v) is 3.17. The van der Waals surface area contributed by atoms with Crippen molar-refractivity contribution in [3.63, 3.8) is 0 Å². The molecule has 1 amide bonds. The number of likely N-dealkylation sites (tertiary alicyclic amines) is 1. The molecule has 0 bridgehead atoms. The summed E-state index contributed by atoms with van der Waals surface area (Å²) in [4.78, 5) is 13.8. The molecule has 3 heteroatoms. The molecule has 1 saturated heterocycles. The molecule has 1 rings (SSSR count). The fraction of sp³-hybridized carbons (Fsp3) is 0.923. The fourth-order valence-electron chi connectivity index (χ4n) is 1.96. The van der Waals surface area contributed by atoms with Gasteiger partial charge in [0.2, 0.25) is 5.91 Å². The first-order valence-corrected chi connectivity index (χ1v) is 6.34. The number of ether oxygens (including phenoxy) is 1. The van der Waals surface area contributed by atoms with Crippen molar-refractivity contribution in [3.8, 4) is 0 Å². The zero-order valence-corrected chi connectivity index (χ0v) is 11.1. The Hall–Kier alpha value is -0.570. The number of hydrogen-bond donors (Lipinski definition) is 0. The van der Waals surface area contributed by atoms with Crippen LogP contribution in [0.1, 0.15) is 47.0 Å². The molecule has 0 aromatic rings. The van der Waals surface area contributed by atoms with Crippen molar-refractivity contribution < 1.29 is 9.53 Å². The van der Waals surface area contributed by atoms with E-state index in [-0.39, 0.29) is 18.1 Å². The SMILES string of the molecule is CCC1CCN(C(=O)COC(C)(C)C)CC1. The maximum Gasteiger partial charge on any atom is 0.248 e.